The third-order valence-corrected chi connectivity index (χ3v) is 4.29. The van der Waals surface area contributed by atoms with E-state index in [9.17, 15) is 14.9 Å². The fourth-order valence-corrected chi connectivity index (χ4v) is 3.07. The van der Waals surface area contributed by atoms with Crippen LogP contribution in [0.1, 0.15) is 16.1 Å². The number of carboxylic acid groups (broad SMARTS) is 1. The highest BCUT2D eigenvalue weighted by molar-refractivity contribution is 9.10. The fraction of sp³-hybridized carbons (Fsp3) is 0.0833. The lowest BCUT2D eigenvalue weighted by Crippen LogP contribution is -1.92. The Kier molecular flexibility index (Phi) is 4.46. The van der Waals surface area contributed by atoms with Crippen LogP contribution in [0.3, 0.4) is 0 Å². The number of hydrogen-bond donors (Lipinski definition) is 1. The Labute approximate surface area is 126 Å². The minimum absolute atomic E-state index is 0.00577. The van der Waals surface area contributed by atoms with Gasteiger partial charge in [0.05, 0.1) is 9.40 Å². The average Bonchev–Trinajstić information content (AvgIpc) is 2.86. The zero-order chi connectivity index (χ0) is 14.7. The molecule has 0 unspecified atom stereocenters. The first-order valence-electron chi connectivity index (χ1n) is 5.36. The Morgan fingerprint density at radius 2 is 2.15 bits per heavy atom. The number of nitrogens with zero attached hydrogens (tertiary/aromatic N) is 1. The molecule has 0 bridgehead atoms. The van der Waals surface area contributed by atoms with E-state index < -0.39 is 10.9 Å². The van der Waals surface area contributed by atoms with Crippen molar-refractivity contribution in [3.05, 3.63) is 56.2 Å². The first-order chi connectivity index (χ1) is 9.49. The van der Waals surface area contributed by atoms with E-state index in [0.717, 1.165) is 5.56 Å². The van der Waals surface area contributed by atoms with E-state index in [2.05, 4.69) is 15.9 Å². The molecule has 2 aromatic rings. The summed E-state index contributed by atoms with van der Waals surface area (Å²) in [5.41, 5.74) is 0.728. The molecule has 0 aliphatic carbocycles. The molecule has 0 radical (unpaired) electrons. The highest BCUT2D eigenvalue weighted by atomic mass is 79.9. The molecule has 0 saturated heterocycles. The van der Waals surface area contributed by atoms with Crippen molar-refractivity contribution in [3.63, 3.8) is 0 Å². The van der Waals surface area contributed by atoms with Crippen molar-refractivity contribution in [3.8, 4) is 0 Å². The molecule has 1 N–H and O–H groups in total. The summed E-state index contributed by atoms with van der Waals surface area (Å²) >= 11 is 4.47. The number of thioether (sulfide) groups is 1. The number of halogens is 1. The Morgan fingerprint density at radius 3 is 2.75 bits per heavy atom. The van der Waals surface area contributed by atoms with Gasteiger partial charge in [-0.15, -0.1) is 0 Å². The number of rotatable bonds is 5. The van der Waals surface area contributed by atoms with Crippen molar-refractivity contribution in [2.75, 3.05) is 0 Å². The summed E-state index contributed by atoms with van der Waals surface area (Å²) in [5.74, 6) is -0.839. The van der Waals surface area contributed by atoms with Crippen LogP contribution in [0.15, 0.2) is 44.3 Å². The van der Waals surface area contributed by atoms with Gasteiger partial charge in [0.1, 0.15) is 0 Å². The van der Waals surface area contributed by atoms with Crippen LogP contribution in [0, 0.1) is 10.1 Å². The van der Waals surface area contributed by atoms with Crippen molar-refractivity contribution >= 4 is 39.3 Å². The topological polar surface area (TPSA) is 93.6 Å². The van der Waals surface area contributed by atoms with Gasteiger partial charge in [0.2, 0.25) is 5.76 Å². The maximum atomic E-state index is 10.8. The second-order valence-electron chi connectivity index (χ2n) is 3.72. The fourth-order valence-electron chi connectivity index (χ4n) is 1.48. The van der Waals surface area contributed by atoms with Crippen LogP contribution in [0.5, 0.6) is 0 Å². The third kappa shape index (κ3) is 3.20. The number of aromatic carboxylic acids is 1. The van der Waals surface area contributed by atoms with E-state index >= 15 is 0 Å². The summed E-state index contributed by atoms with van der Waals surface area (Å²) in [6, 6.07) is 7.69. The average molecular weight is 358 g/mol. The van der Waals surface area contributed by atoms with Gasteiger partial charge in [0, 0.05) is 11.8 Å². The second-order valence-corrected chi connectivity index (χ2v) is 5.49. The number of hydrogen-bond acceptors (Lipinski definition) is 5. The van der Waals surface area contributed by atoms with Crippen LogP contribution in [0.2, 0.25) is 0 Å². The number of carboxylic acids is 1. The van der Waals surface area contributed by atoms with Crippen molar-refractivity contribution in [2.45, 2.75) is 10.8 Å². The van der Waals surface area contributed by atoms with Crippen LogP contribution in [-0.2, 0) is 5.75 Å². The van der Waals surface area contributed by atoms with Gasteiger partial charge in [-0.25, -0.2) is 4.79 Å². The van der Waals surface area contributed by atoms with Crippen LogP contribution in [0.4, 0.5) is 5.69 Å². The summed E-state index contributed by atoms with van der Waals surface area (Å²) in [6.07, 6.45) is 0. The van der Waals surface area contributed by atoms with E-state index in [1.807, 2.05) is 0 Å². The molecule has 8 heteroatoms. The molecular weight excluding hydrogens is 350 g/mol. The Bertz CT molecular complexity index is 670. The normalized spacial score (nSPS) is 10.4. The molecule has 0 saturated carbocycles. The van der Waals surface area contributed by atoms with Crippen LogP contribution >= 0.6 is 27.7 Å². The Hall–Kier alpha value is -1.80. The molecule has 0 spiro atoms. The van der Waals surface area contributed by atoms with E-state index in [0.29, 0.717) is 15.3 Å². The van der Waals surface area contributed by atoms with Gasteiger partial charge in [0.25, 0.3) is 5.69 Å². The smallest absolute Gasteiger partial charge is 0.371 e. The Morgan fingerprint density at radius 1 is 1.40 bits per heavy atom. The maximum Gasteiger partial charge on any atom is 0.371 e. The quantitative estimate of drug-likeness (QED) is 0.494. The van der Waals surface area contributed by atoms with Crippen LogP contribution < -0.4 is 0 Å². The molecule has 1 aromatic heterocycles. The molecule has 6 nitrogen and oxygen atoms in total. The number of nitro benzene ring substituents is 1. The predicted molar refractivity (Wildman–Crippen MR) is 76.0 cm³/mol. The molecule has 2 rings (SSSR count). The van der Waals surface area contributed by atoms with Gasteiger partial charge >= 0.3 is 5.97 Å². The number of furan rings is 1. The largest absolute Gasteiger partial charge is 0.475 e. The summed E-state index contributed by atoms with van der Waals surface area (Å²) in [6.45, 7) is 0. The third-order valence-electron chi connectivity index (χ3n) is 2.42. The van der Waals surface area contributed by atoms with Gasteiger partial charge in [-0.1, -0.05) is 23.9 Å². The second kappa shape index (κ2) is 6.10. The van der Waals surface area contributed by atoms with E-state index in [1.54, 1.807) is 18.2 Å². The highest BCUT2D eigenvalue weighted by Gasteiger charge is 2.15. The van der Waals surface area contributed by atoms with Crippen molar-refractivity contribution in [1.29, 1.82) is 0 Å². The lowest BCUT2D eigenvalue weighted by atomic mass is 10.2. The van der Waals surface area contributed by atoms with Crippen molar-refractivity contribution in [1.82, 2.24) is 0 Å². The molecule has 0 fully saturated rings. The molecule has 1 heterocycles. The Balaban J connectivity index is 2.12. The van der Waals surface area contributed by atoms with Crippen LogP contribution in [0.25, 0.3) is 0 Å². The zero-order valence-electron chi connectivity index (χ0n) is 9.91. The van der Waals surface area contributed by atoms with Crippen molar-refractivity contribution < 1.29 is 19.2 Å². The van der Waals surface area contributed by atoms with E-state index in [1.165, 1.54) is 23.9 Å². The summed E-state index contributed by atoms with van der Waals surface area (Å²) in [4.78, 5) is 21.0. The number of nitro groups is 1. The molecule has 104 valence electrons. The minimum atomic E-state index is -1.13. The standard InChI is InChI=1S/C12H8BrNO5S/c13-11-7(2-1-3-8(11)14(17)18)6-20-10-5-4-9(19-10)12(15)16/h1-5H,6H2,(H,15,16). The molecule has 0 atom stereocenters. The summed E-state index contributed by atoms with van der Waals surface area (Å²) < 4.78 is 5.52. The first kappa shape index (κ1) is 14.6. The molecule has 1 aromatic carbocycles. The lowest BCUT2D eigenvalue weighted by Gasteiger charge is -2.03. The SMILES string of the molecule is O=C(O)c1ccc(SCc2cccc([N+](=O)[O-])c2Br)o1. The predicted octanol–water partition coefficient (Wildman–Crippen LogP) is 3.94. The van der Waals surface area contributed by atoms with Crippen LogP contribution in [-0.4, -0.2) is 16.0 Å². The maximum absolute atomic E-state index is 10.8. The van der Waals surface area contributed by atoms with E-state index in [-0.39, 0.29) is 11.4 Å². The van der Waals surface area contributed by atoms with Gasteiger partial charge in [-0.3, -0.25) is 10.1 Å². The minimum Gasteiger partial charge on any atom is -0.475 e. The molecule has 20 heavy (non-hydrogen) atoms. The van der Waals surface area contributed by atoms with Gasteiger partial charge in [-0.2, -0.15) is 0 Å². The molecule has 0 amide bonds. The van der Waals surface area contributed by atoms with Gasteiger partial charge in [-0.05, 0) is 33.6 Å². The highest BCUT2D eigenvalue weighted by Crippen LogP contribution is 2.33. The summed E-state index contributed by atoms with van der Waals surface area (Å²) in [5, 5.41) is 20.0. The van der Waals surface area contributed by atoms with Gasteiger partial charge in [0.15, 0.2) is 5.09 Å². The lowest BCUT2D eigenvalue weighted by molar-refractivity contribution is -0.385. The van der Waals surface area contributed by atoms with Crippen molar-refractivity contribution in [2.24, 2.45) is 0 Å². The monoisotopic (exact) mass is 357 g/mol. The number of carbonyl (C=O) groups is 1. The number of benzene rings is 1. The zero-order valence-corrected chi connectivity index (χ0v) is 12.3. The van der Waals surface area contributed by atoms with E-state index in [4.69, 9.17) is 9.52 Å². The molecule has 0 aliphatic heterocycles. The summed E-state index contributed by atoms with van der Waals surface area (Å²) in [7, 11) is 0. The molecular formula is C12H8BrNO5S. The van der Waals surface area contributed by atoms with Gasteiger partial charge < -0.3 is 9.52 Å². The molecule has 0 aliphatic rings. The first-order valence-corrected chi connectivity index (χ1v) is 7.14.